The Kier molecular flexibility index (Phi) is 6.69. The monoisotopic (exact) mass is 230 g/mol. The van der Waals surface area contributed by atoms with Gasteiger partial charge in [0.25, 0.3) is 0 Å². The van der Waals surface area contributed by atoms with Crippen LogP contribution in [-0.4, -0.2) is 42.2 Å². The zero-order chi connectivity index (χ0) is 11.1. The molecule has 1 aliphatic rings. The van der Waals surface area contributed by atoms with Crippen LogP contribution in [0.1, 0.15) is 33.6 Å². The van der Waals surface area contributed by atoms with E-state index < -0.39 is 0 Å². The Bertz CT molecular complexity index is 154. The Labute approximate surface area is 99.2 Å². The van der Waals surface area contributed by atoms with Crippen molar-refractivity contribution in [2.45, 2.75) is 39.0 Å². The van der Waals surface area contributed by atoms with Crippen LogP contribution in [0, 0.1) is 5.92 Å². The Morgan fingerprint density at radius 2 is 1.87 bits per heavy atom. The van der Waals surface area contributed by atoms with Crippen molar-refractivity contribution in [2.24, 2.45) is 5.92 Å². The largest absolute Gasteiger partial charge is 0.317 e. The second kappa shape index (κ2) is 7.53. The van der Waals surface area contributed by atoms with Gasteiger partial charge in [-0.25, -0.2) is 0 Å². The van der Waals surface area contributed by atoms with Crippen molar-refractivity contribution in [3.63, 3.8) is 0 Å². The van der Waals surface area contributed by atoms with Gasteiger partial charge in [-0.15, -0.1) is 11.8 Å². The quantitative estimate of drug-likeness (QED) is 0.706. The molecule has 1 saturated heterocycles. The predicted octanol–water partition coefficient (Wildman–Crippen LogP) is 2.41. The summed E-state index contributed by atoms with van der Waals surface area (Å²) < 4.78 is 0. The summed E-state index contributed by atoms with van der Waals surface area (Å²) in [7, 11) is 0. The lowest BCUT2D eigenvalue weighted by Crippen LogP contribution is -2.32. The Hall–Kier alpha value is 0.270. The van der Waals surface area contributed by atoms with Gasteiger partial charge in [0.2, 0.25) is 0 Å². The van der Waals surface area contributed by atoms with Gasteiger partial charge in [-0.2, -0.15) is 0 Å². The van der Waals surface area contributed by atoms with Crippen LogP contribution < -0.4 is 5.32 Å². The number of nitrogens with zero attached hydrogens (tertiary/aromatic N) is 1. The number of hydrogen-bond donors (Lipinski definition) is 1. The van der Waals surface area contributed by atoms with Crippen LogP contribution in [0.25, 0.3) is 0 Å². The first-order valence-electron chi connectivity index (χ1n) is 6.34. The standard InChI is InChI=1S/C12H26N2S/c1-4-14(5-2)11(3)15-10-12-6-8-13-9-7-12/h11-13H,4-10H2,1-3H3. The zero-order valence-corrected chi connectivity index (χ0v) is 11.3. The van der Waals surface area contributed by atoms with Crippen molar-refractivity contribution in [1.82, 2.24) is 10.2 Å². The van der Waals surface area contributed by atoms with Crippen LogP contribution in [0.3, 0.4) is 0 Å². The van der Waals surface area contributed by atoms with Gasteiger partial charge >= 0.3 is 0 Å². The molecule has 1 heterocycles. The zero-order valence-electron chi connectivity index (χ0n) is 10.5. The van der Waals surface area contributed by atoms with E-state index in [0.717, 1.165) is 5.92 Å². The van der Waals surface area contributed by atoms with E-state index in [1.807, 2.05) is 0 Å². The number of rotatable bonds is 6. The highest BCUT2D eigenvalue weighted by molar-refractivity contribution is 7.99. The van der Waals surface area contributed by atoms with Gasteiger partial charge in [-0.1, -0.05) is 13.8 Å². The first-order valence-corrected chi connectivity index (χ1v) is 7.39. The van der Waals surface area contributed by atoms with Gasteiger partial charge in [0, 0.05) is 0 Å². The van der Waals surface area contributed by atoms with Crippen molar-refractivity contribution in [2.75, 3.05) is 31.9 Å². The summed E-state index contributed by atoms with van der Waals surface area (Å²) in [6.45, 7) is 11.7. The molecule has 15 heavy (non-hydrogen) atoms. The average molecular weight is 230 g/mol. The van der Waals surface area contributed by atoms with Crippen molar-refractivity contribution in [3.8, 4) is 0 Å². The smallest absolute Gasteiger partial charge is 0.0528 e. The molecule has 1 N–H and O–H groups in total. The molecule has 90 valence electrons. The Morgan fingerprint density at radius 1 is 1.27 bits per heavy atom. The molecule has 1 unspecified atom stereocenters. The third-order valence-electron chi connectivity index (χ3n) is 3.36. The molecule has 0 radical (unpaired) electrons. The highest BCUT2D eigenvalue weighted by atomic mass is 32.2. The van der Waals surface area contributed by atoms with E-state index in [-0.39, 0.29) is 0 Å². The molecule has 0 spiro atoms. The topological polar surface area (TPSA) is 15.3 Å². The van der Waals surface area contributed by atoms with Gasteiger partial charge in [-0.3, -0.25) is 4.90 Å². The van der Waals surface area contributed by atoms with E-state index in [4.69, 9.17) is 0 Å². The minimum Gasteiger partial charge on any atom is -0.317 e. The summed E-state index contributed by atoms with van der Waals surface area (Å²) in [4.78, 5) is 2.53. The molecule has 3 heteroatoms. The molecule has 0 aromatic heterocycles. The lowest BCUT2D eigenvalue weighted by atomic mass is 10.0. The second-order valence-corrected chi connectivity index (χ2v) is 5.70. The van der Waals surface area contributed by atoms with Crippen LogP contribution in [0.2, 0.25) is 0 Å². The van der Waals surface area contributed by atoms with Crippen molar-refractivity contribution >= 4 is 11.8 Å². The molecular weight excluding hydrogens is 204 g/mol. The lowest BCUT2D eigenvalue weighted by molar-refractivity contribution is 0.296. The van der Waals surface area contributed by atoms with Crippen molar-refractivity contribution < 1.29 is 0 Å². The van der Waals surface area contributed by atoms with Gasteiger partial charge in [0.1, 0.15) is 0 Å². The van der Waals surface area contributed by atoms with E-state index in [0.29, 0.717) is 5.37 Å². The van der Waals surface area contributed by atoms with Gasteiger partial charge in [0.05, 0.1) is 5.37 Å². The molecule has 1 aliphatic heterocycles. The molecule has 0 aromatic rings. The molecule has 2 nitrogen and oxygen atoms in total. The van der Waals surface area contributed by atoms with Crippen molar-refractivity contribution in [3.05, 3.63) is 0 Å². The molecule has 0 amide bonds. The van der Waals surface area contributed by atoms with Crippen LogP contribution in [0.5, 0.6) is 0 Å². The second-order valence-electron chi connectivity index (χ2n) is 4.35. The van der Waals surface area contributed by atoms with E-state index in [1.165, 1.54) is 44.8 Å². The van der Waals surface area contributed by atoms with Gasteiger partial charge in [-0.05, 0) is 57.6 Å². The van der Waals surface area contributed by atoms with E-state index in [2.05, 4.69) is 42.7 Å². The number of hydrogen-bond acceptors (Lipinski definition) is 3. The number of nitrogens with one attached hydrogen (secondary N) is 1. The third kappa shape index (κ3) is 4.75. The summed E-state index contributed by atoms with van der Waals surface area (Å²) in [5, 5.41) is 4.12. The molecule has 0 aromatic carbocycles. The molecular formula is C12H26N2S. The minimum atomic E-state index is 0.690. The fraction of sp³-hybridized carbons (Fsp3) is 1.00. The Balaban J connectivity index is 2.16. The fourth-order valence-electron chi connectivity index (χ4n) is 2.17. The predicted molar refractivity (Wildman–Crippen MR) is 70.4 cm³/mol. The summed E-state index contributed by atoms with van der Waals surface area (Å²) in [6, 6.07) is 0. The molecule has 1 rings (SSSR count). The van der Waals surface area contributed by atoms with Crippen LogP contribution in [0.15, 0.2) is 0 Å². The maximum atomic E-state index is 3.43. The Morgan fingerprint density at radius 3 is 2.40 bits per heavy atom. The SMILES string of the molecule is CCN(CC)C(C)SCC1CCNCC1. The maximum absolute atomic E-state index is 3.43. The van der Waals surface area contributed by atoms with Crippen LogP contribution in [-0.2, 0) is 0 Å². The maximum Gasteiger partial charge on any atom is 0.0528 e. The highest BCUT2D eigenvalue weighted by Crippen LogP contribution is 2.22. The van der Waals surface area contributed by atoms with E-state index in [9.17, 15) is 0 Å². The third-order valence-corrected chi connectivity index (χ3v) is 4.80. The van der Waals surface area contributed by atoms with Gasteiger partial charge < -0.3 is 5.32 Å². The molecule has 0 saturated carbocycles. The van der Waals surface area contributed by atoms with E-state index >= 15 is 0 Å². The lowest BCUT2D eigenvalue weighted by Gasteiger charge is -2.28. The number of thioether (sulfide) groups is 1. The van der Waals surface area contributed by atoms with Crippen LogP contribution in [0.4, 0.5) is 0 Å². The first-order chi connectivity index (χ1) is 7.27. The van der Waals surface area contributed by atoms with Crippen molar-refractivity contribution in [1.29, 1.82) is 0 Å². The molecule has 1 atom stereocenters. The summed E-state index contributed by atoms with van der Waals surface area (Å²) in [5.74, 6) is 2.30. The minimum absolute atomic E-state index is 0.690. The summed E-state index contributed by atoms with van der Waals surface area (Å²) >= 11 is 2.14. The normalized spacial score (nSPS) is 20.8. The average Bonchev–Trinajstić information content (AvgIpc) is 2.29. The molecule has 1 fully saturated rings. The summed E-state index contributed by atoms with van der Waals surface area (Å²) in [5.41, 5.74) is 0. The summed E-state index contributed by atoms with van der Waals surface area (Å²) in [6.07, 6.45) is 2.75. The molecule has 0 bridgehead atoms. The number of piperidine rings is 1. The van der Waals surface area contributed by atoms with E-state index in [1.54, 1.807) is 0 Å². The first kappa shape index (κ1) is 13.3. The fourth-order valence-corrected chi connectivity index (χ4v) is 3.56. The van der Waals surface area contributed by atoms with Gasteiger partial charge in [0.15, 0.2) is 0 Å². The van der Waals surface area contributed by atoms with Crippen LogP contribution >= 0.6 is 11.8 Å². The highest BCUT2D eigenvalue weighted by Gasteiger charge is 2.16. The molecule has 0 aliphatic carbocycles.